The monoisotopic (exact) mass is 717 g/mol. The second-order valence-corrected chi connectivity index (χ2v) is 20.3. The van der Waals surface area contributed by atoms with Crippen molar-refractivity contribution in [2.24, 2.45) is 62.1 Å². The molecule has 1 aromatic heterocycles. The summed E-state index contributed by atoms with van der Waals surface area (Å²) in [6.45, 7) is 22.3. The largest absolute Gasteiger partial charge is 0.481 e. The molecule has 7 heteroatoms. The summed E-state index contributed by atoms with van der Waals surface area (Å²) in [5.74, 6) is 0.994. The lowest BCUT2D eigenvalue weighted by atomic mass is 9.32. The number of aliphatic carboxylic acids is 1. The first-order valence-corrected chi connectivity index (χ1v) is 20.1. The zero-order valence-electron chi connectivity index (χ0n) is 32.7. The highest BCUT2D eigenvalue weighted by Gasteiger charge is 2.72. The molecule has 7 rings (SSSR count). The molecule has 288 valence electrons. The van der Waals surface area contributed by atoms with Crippen LogP contribution in [-0.4, -0.2) is 34.0 Å². The smallest absolute Gasteiger partial charge is 0.309 e. The molecule has 0 aliphatic heterocycles. The Balaban J connectivity index is 0.00000464. The van der Waals surface area contributed by atoms with E-state index in [4.69, 9.17) is 4.74 Å². The molecule has 0 aromatic carbocycles. The molecule has 1 heterocycles. The van der Waals surface area contributed by atoms with Crippen molar-refractivity contribution in [2.45, 2.75) is 158 Å². The molecule has 4 unspecified atom stereocenters. The van der Waals surface area contributed by atoms with Gasteiger partial charge in [0.1, 0.15) is 6.10 Å². The third-order valence-corrected chi connectivity index (χ3v) is 17.2. The van der Waals surface area contributed by atoms with Crippen LogP contribution in [0.15, 0.2) is 36.5 Å². The van der Waals surface area contributed by atoms with Crippen LogP contribution < -0.4 is 5.32 Å². The number of hydrogen-bond acceptors (Lipinski definition) is 5. The van der Waals surface area contributed by atoms with Gasteiger partial charge in [-0.3, -0.25) is 19.4 Å². The molecular weight excluding hydrogens is 649 g/mol. The van der Waals surface area contributed by atoms with Crippen molar-refractivity contribution in [3.8, 4) is 0 Å². The number of pyridine rings is 1. The van der Waals surface area contributed by atoms with Crippen molar-refractivity contribution in [1.82, 2.24) is 10.3 Å². The minimum absolute atomic E-state index is 0. The Morgan fingerprint density at radius 2 is 1.62 bits per heavy atom. The maximum atomic E-state index is 14.8. The number of aromatic nitrogens is 1. The fourth-order valence-electron chi connectivity index (χ4n) is 13.9. The SMILES string of the molecule is C.C=C(C)[C@@H]1CC[C@]2(C(=O)NC3(c4ccccn4)CC3)CC[C@]3(C)C(CCC4[C@@]5(C)CC[C@H](OC(=O)CC(C)(C)C(=O)O)C(C)(C)C5CC[C@]43C)C12. The zero-order valence-corrected chi connectivity index (χ0v) is 32.7. The Kier molecular flexibility index (Phi) is 9.51. The van der Waals surface area contributed by atoms with Crippen LogP contribution in [0, 0.1) is 62.1 Å². The van der Waals surface area contributed by atoms with Gasteiger partial charge in [-0.05, 0) is 156 Å². The van der Waals surface area contributed by atoms with Crippen molar-refractivity contribution >= 4 is 17.8 Å². The van der Waals surface area contributed by atoms with Crippen LogP contribution >= 0.6 is 0 Å². The van der Waals surface area contributed by atoms with E-state index in [-0.39, 0.29) is 58.5 Å². The summed E-state index contributed by atoms with van der Waals surface area (Å²) in [7, 11) is 0. The fourth-order valence-corrected chi connectivity index (χ4v) is 13.9. The van der Waals surface area contributed by atoms with Crippen molar-refractivity contribution in [3.63, 3.8) is 0 Å². The maximum Gasteiger partial charge on any atom is 0.309 e. The van der Waals surface area contributed by atoms with Crippen LogP contribution in [0.5, 0.6) is 0 Å². The number of fused-ring (bicyclic) bond motifs is 7. The third-order valence-electron chi connectivity index (χ3n) is 17.2. The second-order valence-electron chi connectivity index (χ2n) is 20.3. The van der Waals surface area contributed by atoms with Gasteiger partial charge in [-0.2, -0.15) is 0 Å². The molecule has 6 fully saturated rings. The number of allylic oxidation sites excluding steroid dienone is 1. The topological polar surface area (TPSA) is 106 Å². The highest BCUT2D eigenvalue weighted by Crippen LogP contribution is 2.77. The Labute approximate surface area is 313 Å². The Morgan fingerprint density at radius 3 is 2.23 bits per heavy atom. The van der Waals surface area contributed by atoms with Gasteiger partial charge < -0.3 is 15.2 Å². The van der Waals surface area contributed by atoms with Crippen LogP contribution in [0.1, 0.15) is 152 Å². The third kappa shape index (κ3) is 5.54. The minimum Gasteiger partial charge on any atom is -0.481 e. The first kappa shape index (κ1) is 39.0. The van der Waals surface area contributed by atoms with E-state index in [1.54, 1.807) is 13.8 Å². The molecular formula is C45H68N2O5. The summed E-state index contributed by atoms with van der Waals surface area (Å²) in [5.41, 5.74) is 0.578. The van der Waals surface area contributed by atoms with Gasteiger partial charge in [0, 0.05) is 11.6 Å². The van der Waals surface area contributed by atoms with Gasteiger partial charge in [0.15, 0.2) is 0 Å². The van der Waals surface area contributed by atoms with Crippen LogP contribution in [0.3, 0.4) is 0 Å². The van der Waals surface area contributed by atoms with E-state index in [2.05, 4.69) is 64.5 Å². The van der Waals surface area contributed by atoms with E-state index in [1.807, 2.05) is 18.3 Å². The summed E-state index contributed by atoms with van der Waals surface area (Å²) in [5, 5.41) is 13.3. The molecule has 52 heavy (non-hydrogen) atoms. The van der Waals surface area contributed by atoms with Gasteiger partial charge in [-0.15, -0.1) is 0 Å². The highest BCUT2D eigenvalue weighted by molar-refractivity contribution is 5.85. The number of carboxylic acids is 1. The lowest BCUT2D eigenvalue weighted by molar-refractivity contribution is -0.249. The molecule has 0 bridgehead atoms. The van der Waals surface area contributed by atoms with E-state index in [0.29, 0.717) is 29.6 Å². The predicted molar refractivity (Wildman–Crippen MR) is 205 cm³/mol. The second kappa shape index (κ2) is 12.7. The minimum atomic E-state index is -1.15. The van der Waals surface area contributed by atoms with Crippen molar-refractivity contribution in [1.29, 1.82) is 0 Å². The highest BCUT2D eigenvalue weighted by atomic mass is 16.5. The van der Waals surface area contributed by atoms with Gasteiger partial charge in [0.05, 0.1) is 28.5 Å². The van der Waals surface area contributed by atoms with Gasteiger partial charge in [0.25, 0.3) is 0 Å². The summed E-state index contributed by atoms with van der Waals surface area (Å²) in [6, 6.07) is 6.06. The Morgan fingerprint density at radius 1 is 0.904 bits per heavy atom. The summed E-state index contributed by atoms with van der Waals surface area (Å²) >= 11 is 0. The van der Waals surface area contributed by atoms with Gasteiger partial charge in [0.2, 0.25) is 5.91 Å². The lowest BCUT2D eigenvalue weighted by Crippen LogP contribution is -2.67. The number of amides is 1. The number of carbonyl (C=O) groups is 3. The number of hydrogen-bond donors (Lipinski definition) is 2. The van der Waals surface area contributed by atoms with Gasteiger partial charge in [-0.25, -0.2) is 0 Å². The number of esters is 1. The Bertz CT molecular complexity index is 1600. The molecule has 0 radical (unpaired) electrons. The summed E-state index contributed by atoms with van der Waals surface area (Å²) in [4.78, 5) is 44.4. The number of nitrogens with one attached hydrogen (secondary N) is 1. The molecule has 1 aromatic rings. The zero-order chi connectivity index (χ0) is 37.0. The summed E-state index contributed by atoms with van der Waals surface area (Å²) in [6.07, 6.45) is 13.8. The van der Waals surface area contributed by atoms with Crippen LogP contribution in [0.25, 0.3) is 0 Å². The van der Waals surface area contributed by atoms with Crippen molar-refractivity contribution in [2.75, 3.05) is 0 Å². The number of rotatable bonds is 8. The average molecular weight is 717 g/mol. The van der Waals surface area contributed by atoms with E-state index in [0.717, 1.165) is 76.3 Å². The molecule has 1 amide bonds. The average Bonchev–Trinajstić information content (AvgIpc) is 3.72. The summed E-state index contributed by atoms with van der Waals surface area (Å²) < 4.78 is 6.18. The number of carboxylic acid groups (broad SMARTS) is 1. The molecule has 6 saturated carbocycles. The van der Waals surface area contributed by atoms with Crippen molar-refractivity contribution < 1.29 is 24.2 Å². The van der Waals surface area contributed by atoms with Crippen LogP contribution in [0.4, 0.5) is 0 Å². The molecule has 10 atom stereocenters. The quantitative estimate of drug-likeness (QED) is 0.205. The van der Waals surface area contributed by atoms with Gasteiger partial charge in [-0.1, -0.05) is 60.3 Å². The van der Waals surface area contributed by atoms with Crippen LogP contribution in [-0.2, 0) is 24.7 Å². The standard InChI is InChI=1S/C44H64N2O5.CH4/c1-27(2)28-15-20-43(36(48)46-44(23-24-44)32-12-10-11-25-45-32)22-21-41(8)29(35(28)43)13-14-31-40(7)18-17-33(51-34(47)26-38(3,4)37(49)50)39(5,6)30(40)16-19-42(31,41)9;/h10-12,25,28-31,33,35H,1,13-24,26H2,2-9H3,(H,46,48)(H,49,50);1H4/t28-,29?,30?,31?,33-,35?,40-,41+,42+,43-;/m0./s1. The molecule has 6 aliphatic rings. The molecule has 7 nitrogen and oxygen atoms in total. The first-order valence-electron chi connectivity index (χ1n) is 20.1. The van der Waals surface area contributed by atoms with E-state index in [1.165, 1.54) is 12.0 Å². The Hall–Kier alpha value is -2.70. The van der Waals surface area contributed by atoms with Gasteiger partial charge >= 0.3 is 11.9 Å². The molecule has 0 saturated heterocycles. The number of ether oxygens (including phenoxy) is 1. The molecule has 2 N–H and O–H groups in total. The van der Waals surface area contributed by atoms with E-state index >= 15 is 0 Å². The number of nitrogens with zero attached hydrogens (tertiary/aromatic N) is 1. The number of carbonyl (C=O) groups excluding carboxylic acids is 2. The fraction of sp³-hybridized carbons (Fsp3) is 0.778. The van der Waals surface area contributed by atoms with Crippen LogP contribution in [0.2, 0.25) is 0 Å². The lowest BCUT2D eigenvalue weighted by Gasteiger charge is -2.72. The maximum absolute atomic E-state index is 14.8. The van der Waals surface area contributed by atoms with E-state index < -0.39 is 17.4 Å². The van der Waals surface area contributed by atoms with E-state index in [9.17, 15) is 19.5 Å². The predicted octanol–water partition coefficient (Wildman–Crippen LogP) is 9.89. The normalized spacial score (nSPS) is 41.1. The first-order chi connectivity index (χ1) is 23.8. The van der Waals surface area contributed by atoms with Crippen molar-refractivity contribution in [3.05, 3.63) is 42.2 Å². The molecule has 6 aliphatic carbocycles. The molecule has 0 spiro atoms.